The maximum Gasteiger partial charge on any atom is 0.235 e. The highest BCUT2D eigenvalue weighted by molar-refractivity contribution is 5.37. The van der Waals surface area contributed by atoms with Gasteiger partial charge in [-0.15, -0.1) is 0 Å². The zero-order valence-corrected chi connectivity index (χ0v) is 20.6. The molecule has 4 aliphatic rings. The van der Waals surface area contributed by atoms with E-state index in [1.54, 1.807) is 0 Å². The van der Waals surface area contributed by atoms with E-state index in [1.165, 1.54) is 50.5 Å². The van der Waals surface area contributed by atoms with Gasteiger partial charge < -0.3 is 5.11 Å². The molecule has 31 heavy (non-hydrogen) atoms. The molecule has 4 rings (SSSR count). The fourth-order valence-corrected chi connectivity index (χ4v) is 8.98. The predicted octanol–water partition coefficient (Wildman–Crippen LogP) is 6.70. The Kier molecular flexibility index (Phi) is 6.59. The molecule has 174 valence electrons. The molecule has 0 amide bonds. The minimum atomic E-state index is -0.366. The topological polar surface area (TPSA) is 49.7 Å². The average molecular weight is 428 g/mol. The number of hydrogen-bond acceptors (Lipinski definition) is 3. The lowest BCUT2D eigenvalue weighted by Gasteiger charge is -2.59. The molecule has 9 atom stereocenters. The van der Waals surface area contributed by atoms with Crippen LogP contribution in [0.4, 0.5) is 0 Å². The van der Waals surface area contributed by atoms with E-state index < -0.39 is 0 Å². The van der Waals surface area contributed by atoms with Crippen LogP contribution < -0.4 is 0 Å². The van der Waals surface area contributed by atoms with Crippen LogP contribution in [0.1, 0.15) is 98.8 Å². The van der Waals surface area contributed by atoms with Gasteiger partial charge in [0.2, 0.25) is 6.08 Å². The molecule has 0 aromatic rings. The van der Waals surface area contributed by atoms with Gasteiger partial charge in [-0.3, -0.25) is 0 Å². The molecule has 4 aliphatic carbocycles. The van der Waals surface area contributed by atoms with Gasteiger partial charge in [-0.2, -0.15) is 0 Å². The fraction of sp³-hybridized carbons (Fsp3) is 0.893. The van der Waals surface area contributed by atoms with Gasteiger partial charge in [-0.25, -0.2) is 9.79 Å². The van der Waals surface area contributed by atoms with Crippen molar-refractivity contribution in [3.63, 3.8) is 0 Å². The number of aliphatic imine (C=N–C) groups is 1. The summed E-state index contributed by atoms with van der Waals surface area (Å²) in [5, 5.41) is 10.4. The minimum Gasteiger partial charge on any atom is -0.393 e. The summed E-state index contributed by atoms with van der Waals surface area (Å²) >= 11 is 0. The highest BCUT2D eigenvalue weighted by Crippen LogP contribution is 2.67. The van der Waals surface area contributed by atoms with Gasteiger partial charge in [0.25, 0.3) is 0 Å². The predicted molar refractivity (Wildman–Crippen MR) is 126 cm³/mol. The second-order valence-corrected chi connectivity index (χ2v) is 12.5. The summed E-state index contributed by atoms with van der Waals surface area (Å²) in [6.07, 6.45) is 15.9. The zero-order valence-electron chi connectivity index (χ0n) is 20.6. The van der Waals surface area contributed by atoms with Crippen molar-refractivity contribution in [2.45, 2.75) is 111 Å². The second kappa shape index (κ2) is 8.79. The van der Waals surface area contributed by atoms with Crippen molar-refractivity contribution in [1.29, 1.82) is 0 Å². The van der Waals surface area contributed by atoms with E-state index >= 15 is 0 Å². The fourth-order valence-electron chi connectivity index (χ4n) is 8.98. The molecular formula is C28H45NO2. The van der Waals surface area contributed by atoms with E-state index in [9.17, 15) is 9.90 Å². The summed E-state index contributed by atoms with van der Waals surface area (Å²) in [5.41, 5.74) is 1.77. The van der Waals surface area contributed by atoms with E-state index in [2.05, 4.69) is 45.7 Å². The first-order valence-corrected chi connectivity index (χ1v) is 13.2. The smallest absolute Gasteiger partial charge is 0.235 e. The van der Waals surface area contributed by atoms with Crippen LogP contribution in [-0.2, 0) is 4.79 Å². The number of aliphatic hydroxyl groups excluding tert-OH is 1. The maximum atomic E-state index is 11.2. The van der Waals surface area contributed by atoms with E-state index in [0.29, 0.717) is 23.7 Å². The molecule has 1 N–H and O–H groups in total. The van der Waals surface area contributed by atoms with Crippen LogP contribution in [0.3, 0.4) is 0 Å². The molecule has 0 spiro atoms. The molecule has 1 unspecified atom stereocenters. The van der Waals surface area contributed by atoms with Crippen molar-refractivity contribution in [2.24, 2.45) is 51.3 Å². The normalized spacial score (nSPS) is 45.2. The molecule has 0 radical (unpaired) electrons. The van der Waals surface area contributed by atoms with Crippen LogP contribution in [0.25, 0.3) is 0 Å². The third kappa shape index (κ3) is 3.89. The van der Waals surface area contributed by atoms with Crippen LogP contribution in [-0.4, -0.2) is 23.3 Å². The van der Waals surface area contributed by atoms with Crippen LogP contribution in [0.15, 0.2) is 16.6 Å². The SMILES string of the molecule is CC(C)CCC[C@@H](C)[C@H]1CC[C@H]2[C@@H]3CC=C4C[C@@H](O)CC(N=C=O)[C@]4(C)[C@H]3CC[C@]12C. The number of rotatable bonds is 6. The van der Waals surface area contributed by atoms with Gasteiger partial charge in [0, 0.05) is 5.41 Å². The lowest BCUT2D eigenvalue weighted by molar-refractivity contribution is -0.0635. The third-order valence-corrected chi connectivity index (χ3v) is 10.6. The van der Waals surface area contributed by atoms with E-state index in [0.717, 1.165) is 36.5 Å². The van der Waals surface area contributed by atoms with Crippen LogP contribution >= 0.6 is 0 Å². The molecule has 0 aromatic carbocycles. The molecule has 3 nitrogen and oxygen atoms in total. The summed E-state index contributed by atoms with van der Waals surface area (Å²) in [6.45, 7) is 12.2. The Morgan fingerprint density at radius 1 is 1.16 bits per heavy atom. The monoisotopic (exact) mass is 427 g/mol. The minimum absolute atomic E-state index is 0.0676. The van der Waals surface area contributed by atoms with Crippen LogP contribution in [0, 0.1) is 46.3 Å². The Balaban J connectivity index is 1.56. The molecule has 0 saturated heterocycles. The largest absolute Gasteiger partial charge is 0.393 e. The standard InChI is InChI=1S/C28H45NO2/c1-18(2)7-6-8-19(3)23-11-12-24-22-10-9-20-15-21(31)16-26(29-17-30)28(20,5)25(22)13-14-27(23,24)4/h9,18-19,21-26,31H,6-8,10-16H2,1-5H3/t19-,21-,22+,23-,24+,25+,26?,27-,28+/m1/s1. The van der Waals surface area contributed by atoms with Crippen molar-refractivity contribution < 1.29 is 9.90 Å². The van der Waals surface area contributed by atoms with Gasteiger partial charge >= 0.3 is 0 Å². The molecular weight excluding hydrogens is 382 g/mol. The molecule has 0 heterocycles. The van der Waals surface area contributed by atoms with Crippen molar-refractivity contribution in [2.75, 3.05) is 0 Å². The Morgan fingerprint density at radius 2 is 1.94 bits per heavy atom. The first kappa shape index (κ1) is 23.2. The van der Waals surface area contributed by atoms with Gasteiger partial charge in [0.1, 0.15) is 0 Å². The van der Waals surface area contributed by atoms with E-state index in [4.69, 9.17) is 0 Å². The Labute approximate surface area is 190 Å². The molecule has 0 aliphatic heterocycles. The highest BCUT2D eigenvalue weighted by Gasteiger charge is 2.61. The summed E-state index contributed by atoms with van der Waals surface area (Å²) in [4.78, 5) is 15.5. The van der Waals surface area contributed by atoms with E-state index in [1.807, 2.05) is 6.08 Å². The molecule has 0 aromatic heterocycles. The Bertz CT molecular complexity index is 737. The van der Waals surface area contributed by atoms with Crippen molar-refractivity contribution in [1.82, 2.24) is 0 Å². The van der Waals surface area contributed by atoms with Gasteiger partial charge in [0.05, 0.1) is 12.1 Å². The number of isocyanates is 1. The van der Waals surface area contributed by atoms with Crippen LogP contribution in [0.5, 0.6) is 0 Å². The number of carbonyl (C=O) groups excluding carboxylic acids is 1. The van der Waals surface area contributed by atoms with Crippen molar-refractivity contribution in [3.8, 4) is 0 Å². The number of allylic oxidation sites excluding steroid dienone is 1. The number of aliphatic hydroxyl groups is 1. The lowest BCUT2D eigenvalue weighted by atomic mass is 9.46. The second-order valence-electron chi connectivity index (χ2n) is 12.5. The number of hydrogen-bond donors (Lipinski definition) is 1. The zero-order chi connectivity index (χ0) is 22.4. The molecule has 0 bridgehead atoms. The van der Waals surface area contributed by atoms with Gasteiger partial charge in [-0.05, 0) is 85.9 Å². The quantitative estimate of drug-likeness (QED) is 0.291. The summed E-state index contributed by atoms with van der Waals surface area (Å²) < 4.78 is 0. The first-order valence-electron chi connectivity index (χ1n) is 13.2. The van der Waals surface area contributed by atoms with E-state index in [-0.39, 0.29) is 17.6 Å². The van der Waals surface area contributed by atoms with Crippen LogP contribution in [0.2, 0.25) is 0 Å². The highest BCUT2D eigenvalue weighted by atomic mass is 16.3. The molecule has 3 saturated carbocycles. The summed E-state index contributed by atoms with van der Waals surface area (Å²) in [7, 11) is 0. The average Bonchev–Trinajstić information content (AvgIpc) is 3.06. The Hall–Kier alpha value is -0.920. The Morgan fingerprint density at radius 3 is 2.65 bits per heavy atom. The number of nitrogens with zero attached hydrogens (tertiary/aromatic N) is 1. The van der Waals surface area contributed by atoms with Crippen molar-refractivity contribution >= 4 is 6.08 Å². The molecule has 3 heteroatoms. The number of fused-ring (bicyclic) bond motifs is 5. The summed E-state index contributed by atoms with van der Waals surface area (Å²) in [6, 6.07) is -0.107. The third-order valence-electron chi connectivity index (χ3n) is 10.6. The molecule has 3 fully saturated rings. The maximum absolute atomic E-state index is 11.2. The van der Waals surface area contributed by atoms with Gasteiger partial charge in [0.15, 0.2) is 0 Å². The van der Waals surface area contributed by atoms with Gasteiger partial charge in [-0.1, -0.05) is 65.5 Å². The first-order chi connectivity index (χ1) is 14.7. The van der Waals surface area contributed by atoms with Crippen molar-refractivity contribution in [3.05, 3.63) is 11.6 Å². The lowest BCUT2D eigenvalue weighted by Crippen LogP contribution is -2.55. The summed E-state index contributed by atoms with van der Waals surface area (Å²) in [5.74, 6) is 4.60.